The summed E-state index contributed by atoms with van der Waals surface area (Å²) in [6, 6.07) is 18.8. The number of sulfone groups is 1. The van der Waals surface area contributed by atoms with Crippen molar-refractivity contribution in [2.45, 2.75) is 25.9 Å². The zero-order chi connectivity index (χ0) is 25.4. The van der Waals surface area contributed by atoms with Crippen molar-refractivity contribution in [2.24, 2.45) is 0 Å². The van der Waals surface area contributed by atoms with Gasteiger partial charge in [0.15, 0.2) is 15.5 Å². The third kappa shape index (κ3) is 4.58. The second-order valence-corrected chi connectivity index (χ2v) is 11.4. The lowest BCUT2D eigenvalue weighted by atomic mass is 10.0. The summed E-state index contributed by atoms with van der Waals surface area (Å²) >= 11 is 0. The van der Waals surface area contributed by atoms with Crippen LogP contribution in [0.5, 0.6) is 5.75 Å². The molecular weight excluding hydrogens is 476 g/mol. The molecule has 0 radical (unpaired) electrons. The van der Waals surface area contributed by atoms with E-state index in [1.807, 2.05) is 61.5 Å². The van der Waals surface area contributed by atoms with Crippen LogP contribution < -0.4 is 4.74 Å². The quantitative estimate of drug-likeness (QED) is 0.393. The summed E-state index contributed by atoms with van der Waals surface area (Å²) < 4.78 is 31.5. The molecule has 0 saturated carbocycles. The molecule has 2 aromatic heterocycles. The fourth-order valence-corrected chi connectivity index (χ4v) is 6.46. The average Bonchev–Trinajstić information content (AvgIpc) is 3.42. The Morgan fingerprint density at radius 2 is 1.92 bits per heavy atom. The molecule has 1 atom stereocenters. The third-order valence-corrected chi connectivity index (χ3v) is 8.35. The lowest BCUT2D eigenvalue weighted by Crippen LogP contribution is -2.26. The summed E-state index contributed by atoms with van der Waals surface area (Å²) in [6.45, 7) is 2.29. The number of aromatic nitrogens is 3. The normalized spacial score (nSPS) is 16.8. The standard InChI is InChI=1S/C27H28N4O4S/c1-18-25-23(27(32)30(2)16-19-8-5-4-6-9-19)15-24(20-10-7-11-22(14-20)35-3)28-26(25)31(29-18)21-12-13-36(33,34)17-21/h4-11,14-15,21H,12-13,16-17H2,1-3H3. The van der Waals surface area contributed by atoms with Gasteiger partial charge in [0.25, 0.3) is 5.91 Å². The fourth-order valence-electron chi connectivity index (χ4n) is 4.77. The maximum Gasteiger partial charge on any atom is 0.254 e. The zero-order valence-corrected chi connectivity index (χ0v) is 21.3. The van der Waals surface area contributed by atoms with Crippen LogP contribution >= 0.6 is 0 Å². The van der Waals surface area contributed by atoms with E-state index in [0.29, 0.717) is 46.7 Å². The largest absolute Gasteiger partial charge is 0.497 e. The maximum absolute atomic E-state index is 13.8. The topological polar surface area (TPSA) is 94.4 Å². The van der Waals surface area contributed by atoms with Crippen molar-refractivity contribution in [3.63, 3.8) is 0 Å². The van der Waals surface area contributed by atoms with Crippen molar-refractivity contribution >= 4 is 26.8 Å². The van der Waals surface area contributed by atoms with Gasteiger partial charge in [-0.1, -0.05) is 42.5 Å². The van der Waals surface area contributed by atoms with Gasteiger partial charge in [-0.3, -0.25) is 4.79 Å². The Hall–Kier alpha value is -3.72. The average molecular weight is 505 g/mol. The monoisotopic (exact) mass is 504 g/mol. The molecule has 0 aliphatic carbocycles. The minimum absolute atomic E-state index is 0.0193. The molecule has 0 N–H and O–H groups in total. The Bertz CT molecular complexity index is 1550. The van der Waals surface area contributed by atoms with Crippen LogP contribution in [0.15, 0.2) is 60.7 Å². The molecular formula is C27H28N4O4S. The van der Waals surface area contributed by atoms with Gasteiger partial charge in [-0.15, -0.1) is 0 Å². The third-order valence-electron chi connectivity index (χ3n) is 6.60. The minimum Gasteiger partial charge on any atom is -0.497 e. The van der Waals surface area contributed by atoms with E-state index in [9.17, 15) is 13.2 Å². The van der Waals surface area contributed by atoms with Gasteiger partial charge in [0.2, 0.25) is 0 Å². The summed E-state index contributed by atoms with van der Waals surface area (Å²) in [6.07, 6.45) is 0.473. The Morgan fingerprint density at radius 1 is 1.14 bits per heavy atom. The molecule has 1 saturated heterocycles. The van der Waals surface area contributed by atoms with Gasteiger partial charge in [-0.05, 0) is 37.1 Å². The van der Waals surface area contributed by atoms with Gasteiger partial charge in [-0.25, -0.2) is 18.1 Å². The Labute approximate surface area is 210 Å². The number of ether oxygens (including phenoxy) is 1. The Kier molecular flexibility index (Phi) is 6.26. The van der Waals surface area contributed by atoms with Crippen LogP contribution in [0.4, 0.5) is 0 Å². The molecule has 1 amide bonds. The lowest BCUT2D eigenvalue weighted by Gasteiger charge is -2.19. The Morgan fingerprint density at radius 3 is 2.61 bits per heavy atom. The molecule has 8 nitrogen and oxygen atoms in total. The Balaban J connectivity index is 1.66. The van der Waals surface area contributed by atoms with Crippen LogP contribution in [0.25, 0.3) is 22.3 Å². The first-order valence-corrected chi connectivity index (χ1v) is 13.6. The summed E-state index contributed by atoms with van der Waals surface area (Å²) in [5, 5.41) is 5.34. The van der Waals surface area contributed by atoms with E-state index in [1.54, 1.807) is 29.8 Å². The second kappa shape index (κ2) is 9.39. The first-order valence-electron chi connectivity index (χ1n) is 11.8. The van der Waals surface area contributed by atoms with Gasteiger partial charge in [0, 0.05) is 19.2 Å². The summed E-state index contributed by atoms with van der Waals surface area (Å²) in [7, 11) is 0.244. The van der Waals surface area contributed by atoms with E-state index in [-0.39, 0.29) is 23.5 Å². The lowest BCUT2D eigenvalue weighted by molar-refractivity contribution is 0.0787. The molecule has 0 spiro atoms. The van der Waals surface area contributed by atoms with E-state index in [2.05, 4.69) is 5.10 Å². The van der Waals surface area contributed by atoms with Crippen molar-refractivity contribution < 1.29 is 17.9 Å². The number of carbonyl (C=O) groups excluding carboxylic acids is 1. The molecule has 2 aromatic carbocycles. The first kappa shape index (κ1) is 24.0. The fraction of sp³-hybridized carbons (Fsp3) is 0.296. The van der Waals surface area contributed by atoms with Crippen LogP contribution in [-0.2, 0) is 16.4 Å². The van der Waals surface area contributed by atoms with Crippen LogP contribution in [0, 0.1) is 6.92 Å². The highest BCUT2D eigenvalue weighted by Crippen LogP contribution is 2.33. The summed E-state index contributed by atoms with van der Waals surface area (Å²) in [5.74, 6) is 0.664. The highest BCUT2D eigenvalue weighted by molar-refractivity contribution is 7.91. The minimum atomic E-state index is -3.13. The summed E-state index contributed by atoms with van der Waals surface area (Å²) in [4.78, 5) is 20.4. The van der Waals surface area contributed by atoms with Crippen LogP contribution in [0.1, 0.15) is 34.1 Å². The molecule has 1 fully saturated rings. The molecule has 1 aliphatic heterocycles. The smallest absolute Gasteiger partial charge is 0.254 e. The van der Waals surface area contributed by atoms with Gasteiger partial charge in [0.1, 0.15) is 5.75 Å². The number of amides is 1. The number of fused-ring (bicyclic) bond motifs is 1. The van der Waals surface area contributed by atoms with E-state index < -0.39 is 9.84 Å². The van der Waals surface area contributed by atoms with Crippen molar-refractivity contribution in [1.82, 2.24) is 19.7 Å². The number of hydrogen-bond donors (Lipinski definition) is 0. The molecule has 186 valence electrons. The van der Waals surface area contributed by atoms with Gasteiger partial charge < -0.3 is 9.64 Å². The molecule has 4 aromatic rings. The molecule has 36 heavy (non-hydrogen) atoms. The number of hydrogen-bond acceptors (Lipinski definition) is 6. The molecule has 1 aliphatic rings. The SMILES string of the molecule is COc1cccc(-c2cc(C(=O)N(C)Cc3ccccc3)c3c(C)nn(C4CCS(=O)(=O)C4)c3n2)c1. The molecule has 5 rings (SSSR count). The van der Waals surface area contributed by atoms with Gasteiger partial charge >= 0.3 is 0 Å². The predicted octanol–water partition coefficient (Wildman–Crippen LogP) is 4.05. The van der Waals surface area contributed by atoms with Crippen molar-refractivity contribution in [3.05, 3.63) is 77.5 Å². The van der Waals surface area contributed by atoms with Crippen molar-refractivity contribution in [3.8, 4) is 17.0 Å². The maximum atomic E-state index is 13.8. The van der Waals surface area contributed by atoms with Crippen LogP contribution in [0.3, 0.4) is 0 Å². The second-order valence-electron chi connectivity index (χ2n) is 9.22. The van der Waals surface area contributed by atoms with Gasteiger partial charge in [0.05, 0.1) is 47.0 Å². The van der Waals surface area contributed by atoms with Crippen LogP contribution in [0.2, 0.25) is 0 Å². The highest BCUT2D eigenvalue weighted by Gasteiger charge is 2.32. The highest BCUT2D eigenvalue weighted by atomic mass is 32.2. The number of nitrogens with zero attached hydrogens (tertiary/aromatic N) is 4. The number of benzene rings is 2. The van der Waals surface area contributed by atoms with E-state index in [4.69, 9.17) is 9.72 Å². The number of rotatable bonds is 6. The van der Waals surface area contributed by atoms with Crippen molar-refractivity contribution in [2.75, 3.05) is 25.7 Å². The predicted molar refractivity (Wildman–Crippen MR) is 139 cm³/mol. The summed E-state index contributed by atoms with van der Waals surface area (Å²) in [5.41, 5.74) is 4.07. The van der Waals surface area contributed by atoms with Crippen molar-refractivity contribution in [1.29, 1.82) is 0 Å². The number of carbonyl (C=O) groups is 1. The molecule has 1 unspecified atom stereocenters. The molecule has 9 heteroatoms. The van der Waals surface area contributed by atoms with E-state index >= 15 is 0 Å². The molecule has 3 heterocycles. The number of pyridine rings is 1. The van der Waals surface area contributed by atoms with Gasteiger partial charge in [-0.2, -0.15) is 5.10 Å². The van der Waals surface area contributed by atoms with E-state index in [1.165, 1.54) is 0 Å². The van der Waals surface area contributed by atoms with E-state index in [0.717, 1.165) is 11.1 Å². The number of aryl methyl sites for hydroxylation is 1. The number of methoxy groups -OCH3 is 1. The van der Waals surface area contributed by atoms with Crippen LogP contribution in [-0.4, -0.2) is 59.7 Å². The first-order chi connectivity index (χ1) is 17.3. The zero-order valence-electron chi connectivity index (χ0n) is 20.5. The molecule has 0 bridgehead atoms.